The lowest BCUT2D eigenvalue weighted by Crippen LogP contribution is -1.93. The summed E-state index contributed by atoms with van der Waals surface area (Å²) < 4.78 is 6.62. The zero-order valence-electron chi connectivity index (χ0n) is 8.32. The first kappa shape index (κ1) is 10.7. The number of carbonyl (C=O) groups is 1. The highest BCUT2D eigenvalue weighted by Gasteiger charge is 2.10. The van der Waals surface area contributed by atoms with Crippen LogP contribution in [0, 0.1) is 0 Å². The van der Waals surface area contributed by atoms with Crippen LogP contribution in [-0.2, 0) is 12.8 Å². The Morgan fingerprint density at radius 1 is 1.69 bits per heavy atom. The van der Waals surface area contributed by atoms with Crippen LogP contribution in [-0.4, -0.2) is 31.3 Å². The molecule has 16 heavy (non-hydrogen) atoms. The third kappa shape index (κ3) is 2.22. The van der Waals surface area contributed by atoms with Crippen LogP contribution in [0.5, 0.6) is 0 Å². The van der Waals surface area contributed by atoms with Gasteiger partial charge in [-0.15, -0.1) is 5.10 Å². The molecule has 0 radical (unpaired) electrons. The number of carboxylic acids is 1. The van der Waals surface area contributed by atoms with Crippen molar-refractivity contribution in [2.24, 2.45) is 7.05 Å². The summed E-state index contributed by atoms with van der Waals surface area (Å²) in [6.45, 7) is 0. The fourth-order valence-electron chi connectivity index (χ4n) is 1.05. The molecule has 0 fully saturated rings. The average molecular weight is 240 g/mol. The largest absolute Gasteiger partial charge is 0.478 e. The van der Waals surface area contributed by atoms with E-state index in [1.54, 1.807) is 7.05 Å². The van der Waals surface area contributed by atoms with E-state index in [-0.39, 0.29) is 5.56 Å². The number of aromatic nitrogens is 4. The maximum atomic E-state index is 10.6. The van der Waals surface area contributed by atoms with Gasteiger partial charge in [-0.3, -0.25) is 0 Å². The molecule has 2 aromatic heterocycles. The third-order valence-electron chi connectivity index (χ3n) is 1.83. The van der Waals surface area contributed by atoms with Gasteiger partial charge in [-0.25, -0.2) is 9.48 Å². The first-order chi connectivity index (χ1) is 7.66. The molecule has 2 heterocycles. The van der Waals surface area contributed by atoms with Crippen LogP contribution >= 0.6 is 11.8 Å². The Bertz CT molecular complexity index is 507. The van der Waals surface area contributed by atoms with Crippen molar-refractivity contribution in [2.45, 2.75) is 10.9 Å². The van der Waals surface area contributed by atoms with Crippen LogP contribution in [0.2, 0.25) is 0 Å². The molecule has 84 valence electrons. The number of tetrazole rings is 1. The van der Waals surface area contributed by atoms with Crippen molar-refractivity contribution >= 4 is 17.7 Å². The first-order valence-electron chi connectivity index (χ1n) is 4.32. The smallest absolute Gasteiger partial charge is 0.338 e. The molecule has 2 rings (SSSR count). The zero-order valence-corrected chi connectivity index (χ0v) is 9.14. The van der Waals surface area contributed by atoms with Gasteiger partial charge in [0.1, 0.15) is 12.0 Å². The number of hydrogen-bond donors (Lipinski definition) is 1. The third-order valence-corrected chi connectivity index (χ3v) is 2.86. The van der Waals surface area contributed by atoms with E-state index in [4.69, 9.17) is 9.52 Å². The van der Waals surface area contributed by atoms with Crippen LogP contribution in [0.25, 0.3) is 0 Å². The van der Waals surface area contributed by atoms with E-state index in [0.717, 1.165) is 0 Å². The summed E-state index contributed by atoms with van der Waals surface area (Å²) in [6.07, 6.45) is 1.22. The topological polar surface area (TPSA) is 94.0 Å². The number of aryl methyl sites for hydroxylation is 1. The molecule has 0 unspecified atom stereocenters. The first-order valence-corrected chi connectivity index (χ1v) is 5.31. The molecule has 0 aliphatic rings. The lowest BCUT2D eigenvalue weighted by molar-refractivity contribution is 0.0696. The summed E-state index contributed by atoms with van der Waals surface area (Å²) >= 11 is 1.37. The van der Waals surface area contributed by atoms with E-state index in [9.17, 15) is 4.79 Å². The molecule has 7 nitrogen and oxygen atoms in total. The minimum absolute atomic E-state index is 0.145. The summed E-state index contributed by atoms with van der Waals surface area (Å²) in [5.41, 5.74) is 0.145. The number of nitrogens with zero attached hydrogens (tertiary/aromatic N) is 4. The molecule has 0 aliphatic heterocycles. The quantitative estimate of drug-likeness (QED) is 0.789. The molecule has 0 saturated carbocycles. The van der Waals surface area contributed by atoms with Gasteiger partial charge in [0.25, 0.3) is 0 Å². The molecule has 2 aromatic rings. The van der Waals surface area contributed by atoms with Gasteiger partial charge >= 0.3 is 5.97 Å². The standard InChI is InChI=1S/C8H8N4O3S/c1-12-8(9-10-11-12)16-4-6-2-5(3-15-6)7(13)14/h2-3H,4H2,1H3,(H,13,14). The van der Waals surface area contributed by atoms with Crippen LogP contribution in [0.15, 0.2) is 21.9 Å². The minimum atomic E-state index is -1.000. The number of carboxylic acid groups (broad SMARTS) is 1. The normalized spacial score (nSPS) is 10.6. The van der Waals surface area contributed by atoms with E-state index in [2.05, 4.69) is 15.5 Å². The van der Waals surface area contributed by atoms with Crippen molar-refractivity contribution < 1.29 is 14.3 Å². The number of aromatic carboxylic acids is 1. The molecular weight excluding hydrogens is 232 g/mol. The molecule has 0 amide bonds. The van der Waals surface area contributed by atoms with Crippen LogP contribution in [0.1, 0.15) is 16.1 Å². The highest BCUT2D eigenvalue weighted by molar-refractivity contribution is 7.98. The Kier molecular flexibility index (Phi) is 2.91. The highest BCUT2D eigenvalue weighted by atomic mass is 32.2. The fraction of sp³-hybridized carbons (Fsp3) is 0.250. The average Bonchev–Trinajstić information content (AvgIpc) is 2.83. The van der Waals surface area contributed by atoms with Crippen molar-refractivity contribution in [1.82, 2.24) is 20.2 Å². The van der Waals surface area contributed by atoms with Crippen molar-refractivity contribution in [3.63, 3.8) is 0 Å². The van der Waals surface area contributed by atoms with Gasteiger partial charge in [0.2, 0.25) is 5.16 Å². The Balaban J connectivity index is 2.00. The van der Waals surface area contributed by atoms with Crippen molar-refractivity contribution in [1.29, 1.82) is 0 Å². The summed E-state index contributed by atoms with van der Waals surface area (Å²) in [6, 6.07) is 1.49. The van der Waals surface area contributed by atoms with Gasteiger partial charge in [0, 0.05) is 7.05 Å². The lowest BCUT2D eigenvalue weighted by atomic mass is 10.3. The van der Waals surface area contributed by atoms with Gasteiger partial charge < -0.3 is 9.52 Å². The Morgan fingerprint density at radius 3 is 3.06 bits per heavy atom. The van der Waals surface area contributed by atoms with Crippen molar-refractivity contribution in [3.05, 3.63) is 23.7 Å². The molecule has 0 spiro atoms. The molecule has 0 aliphatic carbocycles. The van der Waals surface area contributed by atoms with Gasteiger partial charge in [0.15, 0.2) is 0 Å². The minimum Gasteiger partial charge on any atom is -0.478 e. The van der Waals surface area contributed by atoms with E-state index >= 15 is 0 Å². The summed E-state index contributed by atoms with van der Waals surface area (Å²) in [5.74, 6) is 0.0623. The van der Waals surface area contributed by atoms with Gasteiger partial charge in [0.05, 0.1) is 11.3 Å². The molecule has 0 atom stereocenters. The maximum absolute atomic E-state index is 10.6. The predicted molar refractivity (Wildman–Crippen MR) is 54.0 cm³/mol. The Morgan fingerprint density at radius 2 is 2.50 bits per heavy atom. The van der Waals surface area contributed by atoms with E-state index in [1.165, 1.54) is 28.8 Å². The Labute approximate surface area is 94.4 Å². The molecule has 0 bridgehead atoms. The molecule has 8 heteroatoms. The van der Waals surface area contributed by atoms with E-state index < -0.39 is 5.97 Å². The van der Waals surface area contributed by atoms with Crippen LogP contribution in [0.3, 0.4) is 0 Å². The maximum Gasteiger partial charge on any atom is 0.338 e. The zero-order chi connectivity index (χ0) is 11.5. The summed E-state index contributed by atoms with van der Waals surface area (Å²) in [4.78, 5) is 10.6. The Hall–Kier alpha value is -1.83. The molecule has 0 saturated heterocycles. The number of thioether (sulfide) groups is 1. The second-order valence-corrected chi connectivity index (χ2v) is 3.92. The molecular formula is C8H8N4O3S. The number of furan rings is 1. The molecule has 1 N–H and O–H groups in total. The van der Waals surface area contributed by atoms with E-state index in [1.807, 2.05) is 0 Å². The second-order valence-electron chi connectivity index (χ2n) is 2.98. The van der Waals surface area contributed by atoms with Crippen LogP contribution < -0.4 is 0 Å². The lowest BCUT2D eigenvalue weighted by Gasteiger charge is -1.95. The number of rotatable bonds is 4. The number of hydrogen-bond acceptors (Lipinski definition) is 6. The van der Waals surface area contributed by atoms with E-state index in [0.29, 0.717) is 16.7 Å². The fourth-order valence-corrected chi connectivity index (χ4v) is 1.79. The SMILES string of the molecule is Cn1nnnc1SCc1cc(C(=O)O)co1. The van der Waals surface area contributed by atoms with Crippen LogP contribution in [0.4, 0.5) is 0 Å². The summed E-state index contributed by atoms with van der Waals surface area (Å²) in [7, 11) is 1.73. The van der Waals surface area contributed by atoms with Gasteiger partial charge in [-0.1, -0.05) is 11.8 Å². The monoisotopic (exact) mass is 240 g/mol. The predicted octanol–water partition coefficient (Wildman–Crippen LogP) is 0.794. The van der Waals surface area contributed by atoms with Crippen molar-refractivity contribution in [2.75, 3.05) is 0 Å². The highest BCUT2D eigenvalue weighted by Crippen LogP contribution is 2.20. The second kappa shape index (κ2) is 4.35. The molecule has 0 aromatic carbocycles. The van der Waals surface area contributed by atoms with Gasteiger partial charge in [-0.2, -0.15) is 0 Å². The summed E-state index contributed by atoms with van der Waals surface area (Å²) in [5, 5.41) is 20.3. The van der Waals surface area contributed by atoms with Gasteiger partial charge in [-0.05, 0) is 16.5 Å². The van der Waals surface area contributed by atoms with Crippen molar-refractivity contribution in [3.8, 4) is 0 Å².